The number of hydrogen-bond donors (Lipinski definition) is 2. The Kier molecular flexibility index (Phi) is 7.55. The lowest BCUT2D eigenvalue weighted by Gasteiger charge is -2.12. The number of benzene rings is 3. The first-order valence-electron chi connectivity index (χ1n) is 9.72. The van der Waals surface area contributed by atoms with Gasteiger partial charge in [0.15, 0.2) is 5.96 Å². The molecule has 30 heavy (non-hydrogen) atoms. The van der Waals surface area contributed by atoms with E-state index in [2.05, 4.69) is 16.4 Å². The third kappa shape index (κ3) is 6.17. The molecule has 0 fully saturated rings. The molecule has 0 aromatic heterocycles. The molecule has 0 unspecified atom stereocenters. The molecular weight excluding hydrogens is 378 g/mol. The fraction of sp³-hybridized carbons (Fsp3) is 0.208. The van der Waals surface area contributed by atoms with E-state index < -0.39 is 0 Å². The van der Waals surface area contributed by atoms with E-state index in [9.17, 15) is 0 Å². The minimum atomic E-state index is 0.318. The number of ether oxygens (including phenoxy) is 3. The van der Waals surface area contributed by atoms with Gasteiger partial charge in [0.05, 0.1) is 19.9 Å². The van der Waals surface area contributed by atoms with Gasteiger partial charge in [0.25, 0.3) is 0 Å². The number of hydrogen-bond acceptors (Lipinski definition) is 4. The highest BCUT2D eigenvalue weighted by Gasteiger charge is 2.06. The number of nitrogens with two attached hydrogens (primary N) is 1. The Labute approximate surface area is 177 Å². The molecule has 0 aliphatic carbocycles. The van der Waals surface area contributed by atoms with Crippen LogP contribution < -0.4 is 25.3 Å². The third-order valence-corrected chi connectivity index (χ3v) is 4.50. The molecule has 0 atom stereocenters. The number of guanidine groups is 1. The highest BCUT2D eigenvalue weighted by Crippen LogP contribution is 2.28. The monoisotopic (exact) mass is 405 g/mol. The summed E-state index contributed by atoms with van der Waals surface area (Å²) in [6, 6.07) is 23.6. The van der Waals surface area contributed by atoms with Gasteiger partial charge in [-0.1, -0.05) is 42.5 Å². The summed E-state index contributed by atoms with van der Waals surface area (Å²) in [7, 11) is 3.22. The van der Waals surface area contributed by atoms with Gasteiger partial charge in [-0.3, -0.25) is 4.99 Å². The van der Waals surface area contributed by atoms with Gasteiger partial charge in [-0.05, 0) is 41.8 Å². The van der Waals surface area contributed by atoms with Crippen molar-refractivity contribution in [1.82, 2.24) is 0 Å². The van der Waals surface area contributed by atoms with E-state index in [1.54, 1.807) is 14.2 Å². The summed E-state index contributed by atoms with van der Waals surface area (Å²) in [6.07, 6.45) is 0.750. The van der Waals surface area contributed by atoms with E-state index in [0.717, 1.165) is 23.3 Å². The second kappa shape index (κ2) is 10.8. The van der Waals surface area contributed by atoms with Crippen molar-refractivity contribution in [1.29, 1.82) is 0 Å². The van der Waals surface area contributed by atoms with Crippen molar-refractivity contribution in [2.45, 2.75) is 13.0 Å². The largest absolute Gasteiger partial charge is 0.497 e. The fourth-order valence-electron chi connectivity index (χ4n) is 2.93. The first kappa shape index (κ1) is 21.0. The van der Waals surface area contributed by atoms with Crippen molar-refractivity contribution < 1.29 is 14.2 Å². The first-order valence-corrected chi connectivity index (χ1v) is 9.72. The van der Waals surface area contributed by atoms with Crippen LogP contribution >= 0.6 is 0 Å². The molecule has 3 rings (SSSR count). The molecule has 3 N–H and O–H groups in total. The minimum absolute atomic E-state index is 0.318. The molecule has 0 aliphatic heterocycles. The van der Waals surface area contributed by atoms with Crippen LogP contribution in [0.3, 0.4) is 0 Å². The molecule has 0 saturated carbocycles. The zero-order chi connectivity index (χ0) is 21.2. The minimum Gasteiger partial charge on any atom is -0.497 e. The number of methoxy groups -OCH3 is 2. The molecule has 156 valence electrons. The SMILES string of the molecule is COc1ccc(OC)c(NC(N)=NCCc2cccc(OCc3ccccc3)c2)c1. The van der Waals surface area contributed by atoms with Gasteiger partial charge in [0.1, 0.15) is 23.9 Å². The molecule has 0 spiro atoms. The van der Waals surface area contributed by atoms with Gasteiger partial charge in [0.2, 0.25) is 0 Å². The highest BCUT2D eigenvalue weighted by atomic mass is 16.5. The smallest absolute Gasteiger partial charge is 0.193 e. The summed E-state index contributed by atoms with van der Waals surface area (Å²) in [5.74, 6) is 2.53. The molecule has 0 heterocycles. The van der Waals surface area contributed by atoms with E-state index in [0.29, 0.717) is 36.3 Å². The van der Waals surface area contributed by atoms with Crippen LogP contribution in [-0.2, 0) is 13.0 Å². The van der Waals surface area contributed by atoms with Gasteiger partial charge in [-0.15, -0.1) is 0 Å². The Hall–Kier alpha value is -3.67. The van der Waals surface area contributed by atoms with E-state index in [4.69, 9.17) is 19.9 Å². The van der Waals surface area contributed by atoms with E-state index in [1.165, 1.54) is 0 Å². The normalized spacial score (nSPS) is 11.1. The Balaban J connectivity index is 1.54. The van der Waals surface area contributed by atoms with E-state index in [-0.39, 0.29) is 0 Å². The standard InChI is InChI=1S/C24H27N3O3/c1-28-20-11-12-23(29-2)22(16-20)27-24(25)26-14-13-18-9-6-10-21(15-18)30-17-19-7-4-3-5-8-19/h3-12,15-16H,13-14,17H2,1-2H3,(H3,25,26,27). The molecule has 3 aromatic rings. The summed E-state index contributed by atoms with van der Waals surface area (Å²) < 4.78 is 16.5. The van der Waals surface area contributed by atoms with Crippen LogP contribution in [0.2, 0.25) is 0 Å². The predicted molar refractivity (Wildman–Crippen MR) is 121 cm³/mol. The van der Waals surface area contributed by atoms with Crippen molar-refractivity contribution in [3.05, 3.63) is 83.9 Å². The molecule has 6 nitrogen and oxygen atoms in total. The van der Waals surface area contributed by atoms with Gasteiger partial charge < -0.3 is 25.3 Å². The molecule has 0 aliphatic rings. The van der Waals surface area contributed by atoms with Crippen LogP contribution in [0.4, 0.5) is 5.69 Å². The van der Waals surface area contributed by atoms with Crippen molar-refractivity contribution in [2.24, 2.45) is 10.7 Å². The summed E-state index contributed by atoms with van der Waals surface area (Å²) in [5, 5.41) is 3.07. The quantitative estimate of drug-likeness (QED) is 0.411. The number of anilines is 1. The van der Waals surface area contributed by atoms with Gasteiger partial charge in [0, 0.05) is 12.6 Å². The van der Waals surface area contributed by atoms with E-state index in [1.807, 2.05) is 66.7 Å². The lowest BCUT2D eigenvalue weighted by molar-refractivity contribution is 0.306. The Morgan fingerprint density at radius 2 is 1.67 bits per heavy atom. The molecule has 0 radical (unpaired) electrons. The average Bonchev–Trinajstić information content (AvgIpc) is 2.78. The maximum atomic E-state index is 6.04. The number of aliphatic imine (C=N–C) groups is 1. The Bertz CT molecular complexity index is 974. The molecule has 0 bridgehead atoms. The Morgan fingerprint density at radius 1 is 0.867 bits per heavy atom. The second-order valence-electron chi connectivity index (χ2n) is 6.63. The average molecular weight is 405 g/mol. The summed E-state index contributed by atoms with van der Waals surface area (Å²) in [4.78, 5) is 4.41. The van der Waals surface area contributed by atoms with Crippen LogP contribution in [0.25, 0.3) is 0 Å². The van der Waals surface area contributed by atoms with E-state index >= 15 is 0 Å². The van der Waals surface area contributed by atoms with Gasteiger partial charge >= 0.3 is 0 Å². The van der Waals surface area contributed by atoms with Crippen molar-refractivity contribution in [2.75, 3.05) is 26.1 Å². The van der Waals surface area contributed by atoms with Crippen molar-refractivity contribution >= 4 is 11.6 Å². The summed E-state index contributed by atoms with van der Waals surface area (Å²) >= 11 is 0. The fourth-order valence-corrected chi connectivity index (χ4v) is 2.93. The van der Waals surface area contributed by atoms with Gasteiger partial charge in [-0.25, -0.2) is 0 Å². The third-order valence-electron chi connectivity index (χ3n) is 4.50. The summed E-state index contributed by atoms with van der Waals surface area (Å²) in [6.45, 7) is 1.09. The zero-order valence-electron chi connectivity index (χ0n) is 17.3. The predicted octanol–water partition coefficient (Wildman–Crippen LogP) is 4.25. The maximum absolute atomic E-state index is 6.04. The number of nitrogens with one attached hydrogen (secondary N) is 1. The van der Waals surface area contributed by atoms with Crippen molar-refractivity contribution in [3.8, 4) is 17.2 Å². The lowest BCUT2D eigenvalue weighted by atomic mass is 10.1. The number of nitrogens with zero attached hydrogens (tertiary/aromatic N) is 1. The Morgan fingerprint density at radius 3 is 2.43 bits per heavy atom. The second-order valence-corrected chi connectivity index (χ2v) is 6.63. The zero-order valence-corrected chi connectivity index (χ0v) is 17.3. The molecule has 0 saturated heterocycles. The van der Waals surface area contributed by atoms with Crippen LogP contribution in [0.1, 0.15) is 11.1 Å². The highest BCUT2D eigenvalue weighted by molar-refractivity contribution is 5.94. The topological polar surface area (TPSA) is 78.1 Å². The van der Waals surface area contributed by atoms with Crippen LogP contribution in [0.5, 0.6) is 17.2 Å². The maximum Gasteiger partial charge on any atom is 0.193 e. The molecule has 6 heteroatoms. The molecule has 3 aromatic carbocycles. The number of rotatable bonds is 9. The van der Waals surface area contributed by atoms with Gasteiger partial charge in [-0.2, -0.15) is 0 Å². The summed E-state index contributed by atoms with van der Waals surface area (Å²) in [5.41, 5.74) is 9.02. The molecular formula is C24H27N3O3. The van der Waals surface area contributed by atoms with Crippen LogP contribution in [0, 0.1) is 0 Å². The van der Waals surface area contributed by atoms with Crippen LogP contribution in [-0.4, -0.2) is 26.7 Å². The first-order chi connectivity index (χ1) is 14.7. The van der Waals surface area contributed by atoms with Crippen LogP contribution in [0.15, 0.2) is 77.8 Å². The lowest BCUT2D eigenvalue weighted by Crippen LogP contribution is -2.23. The molecule has 0 amide bonds. The van der Waals surface area contributed by atoms with Crippen molar-refractivity contribution in [3.63, 3.8) is 0 Å².